The SMILES string of the molecule is CCNC(Cc1ccccc1)c1c(Br)cnn1C. The van der Waals surface area contributed by atoms with Crippen molar-refractivity contribution < 1.29 is 0 Å². The summed E-state index contributed by atoms with van der Waals surface area (Å²) in [6.07, 6.45) is 2.82. The zero-order valence-electron chi connectivity index (χ0n) is 10.7. The maximum atomic E-state index is 4.29. The number of nitrogens with zero attached hydrogens (tertiary/aromatic N) is 2. The summed E-state index contributed by atoms with van der Waals surface area (Å²) in [5, 5.41) is 7.82. The van der Waals surface area contributed by atoms with Gasteiger partial charge in [0.05, 0.1) is 22.4 Å². The van der Waals surface area contributed by atoms with Crippen LogP contribution in [0.15, 0.2) is 41.0 Å². The van der Waals surface area contributed by atoms with Crippen LogP contribution in [0.25, 0.3) is 0 Å². The minimum absolute atomic E-state index is 0.277. The van der Waals surface area contributed by atoms with Crippen molar-refractivity contribution in [3.8, 4) is 0 Å². The first kappa shape index (κ1) is 13.3. The van der Waals surface area contributed by atoms with Crippen LogP contribution in [0.3, 0.4) is 0 Å². The van der Waals surface area contributed by atoms with E-state index in [2.05, 4.69) is 57.5 Å². The van der Waals surface area contributed by atoms with Gasteiger partial charge in [-0.15, -0.1) is 0 Å². The molecule has 0 saturated carbocycles. The Bertz CT molecular complexity index is 473. The molecular weight excluding hydrogens is 290 g/mol. The highest BCUT2D eigenvalue weighted by Gasteiger charge is 2.18. The van der Waals surface area contributed by atoms with E-state index in [0.717, 1.165) is 17.4 Å². The summed E-state index contributed by atoms with van der Waals surface area (Å²) >= 11 is 3.58. The van der Waals surface area contributed by atoms with E-state index >= 15 is 0 Å². The van der Waals surface area contributed by atoms with E-state index in [1.54, 1.807) is 0 Å². The van der Waals surface area contributed by atoms with Crippen LogP contribution in [0, 0.1) is 0 Å². The van der Waals surface area contributed by atoms with Crippen molar-refractivity contribution in [3.05, 3.63) is 52.3 Å². The number of hydrogen-bond donors (Lipinski definition) is 1. The molecule has 96 valence electrons. The van der Waals surface area contributed by atoms with Gasteiger partial charge in [-0.2, -0.15) is 5.10 Å². The first-order chi connectivity index (χ1) is 8.72. The Hall–Kier alpha value is -1.13. The molecular formula is C14H18BrN3. The molecule has 1 aromatic heterocycles. The number of rotatable bonds is 5. The maximum absolute atomic E-state index is 4.29. The highest BCUT2D eigenvalue weighted by atomic mass is 79.9. The second-order valence-corrected chi connectivity index (χ2v) is 5.16. The molecule has 1 atom stereocenters. The summed E-state index contributed by atoms with van der Waals surface area (Å²) in [5.74, 6) is 0. The van der Waals surface area contributed by atoms with Gasteiger partial charge < -0.3 is 5.32 Å². The van der Waals surface area contributed by atoms with E-state index in [-0.39, 0.29) is 6.04 Å². The fourth-order valence-corrected chi connectivity index (χ4v) is 2.80. The molecule has 1 aromatic carbocycles. The minimum atomic E-state index is 0.277. The molecule has 0 aliphatic carbocycles. The van der Waals surface area contributed by atoms with Gasteiger partial charge in [-0.1, -0.05) is 37.3 Å². The van der Waals surface area contributed by atoms with Crippen molar-refractivity contribution in [2.24, 2.45) is 7.05 Å². The molecule has 3 nitrogen and oxygen atoms in total. The molecule has 0 aliphatic rings. The Morgan fingerprint density at radius 2 is 2.06 bits per heavy atom. The second-order valence-electron chi connectivity index (χ2n) is 4.30. The number of likely N-dealkylation sites (N-methyl/N-ethyl adjacent to an activating group) is 1. The number of aromatic nitrogens is 2. The van der Waals surface area contributed by atoms with Gasteiger partial charge in [0.1, 0.15) is 0 Å². The van der Waals surface area contributed by atoms with Crippen molar-refractivity contribution in [3.63, 3.8) is 0 Å². The lowest BCUT2D eigenvalue weighted by molar-refractivity contribution is 0.506. The predicted octanol–water partition coefficient (Wildman–Crippen LogP) is 3.08. The molecule has 0 saturated heterocycles. The van der Waals surface area contributed by atoms with Crippen molar-refractivity contribution in [2.75, 3.05) is 6.54 Å². The lowest BCUT2D eigenvalue weighted by atomic mass is 10.0. The normalized spacial score (nSPS) is 12.6. The van der Waals surface area contributed by atoms with Crippen LogP contribution in [-0.4, -0.2) is 16.3 Å². The summed E-state index contributed by atoms with van der Waals surface area (Å²) in [6, 6.07) is 10.8. The van der Waals surface area contributed by atoms with Gasteiger partial charge in [0.25, 0.3) is 0 Å². The summed E-state index contributed by atoms with van der Waals surface area (Å²) < 4.78 is 2.99. The molecule has 1 unspecified atom stereocenters. The molecule has 18 heavy (non-hydrogen) atoms. The lowest BCUT2D eigenvalue weighted by Crippen LogP contribution is -2.25. The first-order valence-electron chi connectivity index (χ1n) is 6.17. The second kappa shape index (κ2) is 6.16. The van der Waals surface area contributed by atoms with Crippen LogP contribution < -0.4 is 5.32 Å². The van der Waals surface area contributed by atoms with Crippen LogP contribution in [0.4, 0.5) is 0 Å². The number of halogens is 1. The fraction of sp³-hybridized carbons (Fsp3) is 0.357. The van der Waals surface area contributed by atoms with Gasteiger partial charge in [-0.3, -0.25) is 4.68 Å². The molecule has 4 heteroatoms. The Balaban J connectivity index is 2.24. The zero-order chi connectivity index (χ0) is 13.0. The average molecular weight is 308 g/mol. The van der Waals surface area contributed by atoms with Crippen LogP contribution in [0.5, 0.6) is 0 Å². The third-order valence-electron chi connectivity index (χ3n) is 3.00. The summed E-state index contributed by atoms with van der Waals surface area (Å²) in [4.78, 5) is 0. The van der Waals surface area contributed by atoms with Crippen molar-refractivity contribution in [1.29, 1.82) is 0 Å². The van der Waals surface area contributed by atoms with E-state index in [9.17, 15) is 0 Å². The van der Waals surface area contributed by atoms with E-state index in [4.69, 9.17) is 0 Å². The Morgan fingerprint density at radius 1 is 1.33 bits per heavy atom. The smallest absolute Gasteiger partial charge is 0.0695 e. The highest BCUT2D eigenvalue weighted by molar-refractivity contribution is 9.10. The van der Waals surface area contributed by atoms with Crippen LogP contribution >= 0.6 is 15.9 Å². The Kier molecular flexibility index (Phi) is 4.55. The van der Waals surface area contributed by atoms with Crippen molar-refractivity contribution in [1.82, 2.24) is 15.1 Å². The van der Waals surface area contributed by atoms with Crippen molar-refractivity contribution >= 4 is 15.9 Å². The van der Waals surface area contributed by atoms with E-state index in [1.165, 1.54) is 11.3 Å². The van der Waals surface area contributed by atoms with Gasteiger partial charge in [-0.25, -0.2) is 0 Å². The van der Waals surface area contributed by atoms with Crippen LogP contribution in [0.2, 0.25) is 0 Å². The molecule has 2 aromatic rings. The largest absolute Gasteiger partial charge is 0.309 e. The molecule has 1 heterocycles. The minimum Gasteiger partial charge on any atom is -0.309 e. The monoisotopic (exact) mass is 307 g/mol. The summed E-state index contributed by atoms with van der Waals surface area (Å²) in [7, 11) is 1.98. The van der Waals surface area contributed by atoms with Gasteiger partial charge in [-0.05, 0) is 34.5 Å². The molecule has 0 radical (unpaired) electrons. The zero-order valence-corrected chi connectivity index (χ0v) is 12.3. The number of nitrogens with one attached hydrogen (secondary N) is 1. The summed E-state index contributed by atoms with van der Waals surface area (Å²) in [6.45, 7) is 3.07. The molecule has 0 amide bonds. The first-order valence-corrected chi connectivity index (χ1v) is 6.96. The number of benzene rings is 1. The lowest BCUT2D eigenvalue weighted by Gasteiger charge is -2.19. The van der Waals surface area contributed by atoms with Gasteiger partial charge in [0.2, 0.25) is 0 Å². The predicted molar refractivity (Wildman–Crippen MR) is 77.5 cm³/mol. The molecule has 0 fully saturated rings. The van der Waals surface area contributed by atoms with E-state index in [1.807, 2.05) is 24.0 Å². The molecule has 0 spiro atoms. The maximum Gasteiger partial charge on any atom is 0.0695 e. The quantitative estimate of drug-likeness (QED) is 0.920. The van der Waals surface area contributed by atoms with Crippen LogP contribution in [0.1, 0.15) is 24.2 Å². The van der Waals surface area contributed by atoms with Gasteiger partial charge in [0, 0.05) is 7.05 Å². The average Bonchev–Trinajstić information content (AvgIpc) is 2.70. The highest BCUT2D eigenvalue weighted by Crippen LogP contribution is 2.25. The van der Waals surface area contributed by atoms with Crippen molar-refractivity contribution in [2.45, 2.75) is 19.4 Å². The van der Waals surface area contributed by atoms with Gasteiger partial charge in [0.15, 0.2) is 0 Å². The van der Waals surface area contributed by atoms with E-state index < -0.39 is 0 Å². The fourth-order valence-electron chi connectivity index (χ4n) is 2.17. The molecule has 1 N–H and O–H groups in total. The molecule has 2 rings (SSSR count). The van der Waals surface area contributed by atoms with Gasteiger partial charge >= 0.3 is 0 Å². The Morgan fingerprint density at radius 3 is 2.61 bits per heavy atom. The third-order valence-corrected chi connectivity index (χ3v) is 3.61. The topological polar surface area (TPSA) is 29.9 Å². The standard InChI is InChI=1S/C14H18BrN3/c1-3-16-13(9-11-7-5-4-6-8-11)14-12(15)10-17-18(14)2/h4-8,10,13,16H,3,9H2,1-2H3. The molecule has 0 bridgehead atoms. The Labute approximate surface area is 116 Å². The third kappa shape index (κ3) is 3.00. The van der Waals surface area contributed by atoms with E-state index in [0.29, 0.717) is 0 Å². The number of hydrogen-bond acceptors (Lipinski definition) is 2. The summed E-state index contributed by atoms with van der Waals surface area (Å²) in [5.41, 5.74) is 2.53. The number of aryl methyl sites for hydroxylation is 1. The van der Waals surface area contributed by atoms with Crippen LogP contribution in [-0.2, 0) is 13.5 Å². The molecule has 0 aliphatic heterocycles.